The molecule has 1 fully saturated rings. The SMILES string of the molecule is CN(CCC1CCCCN1)S(=O)(=O)c1cn[nH]c1. The number of rotatable bonds is 5. The minimum absolute atomic E-state index is 0.224. The van der Waals surface area contributed by atoms with Crippen molar-refractivity contribution in [2.24, 2.45) is 0 Å². The number of hydrogen-bond donors (Lipinski definition) is 2. The van der Waals surface area contributed by atoms with Gasteiger partial charge in [0.1, 0.15) is 4.90 Å². The van der Waals surface area contributed by atoms with Crippen LogP contribution in [-0.4, -0.2) is 49.1 Å². The van der Waals surface area contributed by atoms with E-state index in [9.17, 15) is 8.42 Å². The fourth-order valence-electron chi connectivity index (χ4n) is 2.19. The highest BCUT2D eigenvalue weighted by molar-refractivity contribution is 7.89. The summed E-state index contributed by atoms with van der Waals surface area (Å²) in [5.74, 6) is 0. The highest BCUT2D eigenvalue weighted by atomic mass is 32.2. The summed E-state index contributed by atoms with van der Waals surface area (Å²) in [6.07, 6.45) is 7.19. The Morgan fingerprint density at radius 1 is 1.50 bits per heavy atom. The molecule has 0 radical (unpaired) electrons. The molecule has 1 aromatic heterocycles. The van der Waals surface area contributed by atoms with Gasteiger partial charge in [-0.2, -0.15) is 5.10 Å². The molecule has 18 heavy (non-hydrogen) atoms. The molecule has 2 N–H and O–H groups in total. The zero-order valence-electron chi connectivity index (χ0n) is 10.6. The van der Waals surface area contributed by atoms with Gasteiger partial charge in [-0.15, -0.1) is 0 Å². The Bertz CT molecular complexity index is 451. The summed E-state index contributed by atoms with van der Waals surface area (Å²) in [7, 11) is -1.77. The Labute approximate surface area is 108 Å². The second kappa shape index (κ2) is 5.81. The summed E-state index contributed by atoms with van der Waals surface area (Å²) in [5, 5.41) is 9.63. The zero-order chi connectivity index (χ0) is 13.0. The molecule has 0 aliphatic carbocycles. The Hall–Kier alpha value is -0.920. The van der Waals surface area contributed by atoms with E-state index in [-0.39, 0.29) is 4.90 Å². The smallest absolute Gasteiger partial charge is 0.245 e. The highest BCUT2D eigenvalue weighted by Gasteiger charge is 2.22. The van der Waals surface area contributed by atoms with E-state index in [0.717, 1.165) is 19.4 Å². The predicted octanol–water partition coefficient (Wildman–Crippen LogP) is 0.562. The first-order valence-corrected chi connectivity index (χ1v) is 7.73. The van der Waals surface area contributed by atoms with Crippen molar-refractivity contribution in [2.45, 2.75) is 36.6 Å². The molecule has 0 saturated carbocycles. The van der Waals surface area contributed by atoms with Crippen molar-refractivity contribution < 1.29 is 8.42 Å². The van der Waals surface area contributed by atoms with Gasteiger partial charge in [0.25, 0.3) is 0 Å². The molecule has 0 amide bonds. The van der Waals surface area contributed by atoms with Crippen LogP contribution in [0.15, 0.2) is 17.3 Å². The lowest BCUT2D eigenvalue weighted by Gasteiger charge is -2.25. The van der Waals surface area contributed by atoms with E-state index in [1.165, 1.54) is 29.5 Å². The van der Waals surface area contributed by atoms with E-state index in [0.29, 0.717) is 12.6 Å². The Morgan fingerprint density at radius 3 is 2.94 bits per heavy atom. The predicted molar refractivity (Wildman–Crippen MR) is 68.7 cm³/mol. The highest BCUT2D eigenvalue weighted by Crippen LogP contribution is 2.15. The topological polar surface area (TPSA) is 78.1 Å². The van der Waals surface area contributed by atoms with Gasteiger partial charge in [-0.1, -0.05) is 6.42 Å². The largest absolute Gasteiger partial charge is 0.314 e. The molecule has 1 aromatic rings. The van der Waals surface area contributed by atoms with Crippen molar-refractivity contribution in [3.05, 3.63) is 12.4 Å². The third-order valence-electron chi connectivity index (χ3n) is 3.39. The maximum atomic E-state index is 12.1. The molecule has 2 rings (SSSR count). The first-order chi connectivity index (χ1) is 8.60. The van der Waals surface area contributed by atoms with Crippen molar-refractivity contribution in [2.75, 3.05) is 20.1 Å². The minimum Gasteiger partial charge on any atom is -0.314 e. The van der Waals surface area contributed by atoms with Gasteiger partial charge in [0.2, 0.25) is 10.0 Å². The van der Waals surface area contributed by atoms with Crippen molar-refractivity contribution in [3.63, 3.8) is 0 Å². The van der Waals surface area contributed by atoms with Crippen molar-refractivity contribution in [3.8, 4) is 0 Å². The van der Waals surface area contributed by atoms with E-state index in [4.69, 9.17) is 0 Å². The molecule has 1 atom stereocenters. The standard InChI is InChI=1S/C11H20N4O2S/c1-15(7-5-10-4-2-3-6-12-10)18(16,17)11-8-13-14-9-11/h8-10,12H,2-7H2,1H3,(H,13,14). The van der Waals surface area contributed by atoms with E-state index < -0.39 is 10.0 Å². The minimum atomic E-state index is -3.38. The summed E-state index contributed by atoms with van der Waals surface area (Å²) in [6.45, 7) is 1.58. The monoisotopic (exact) mass is 272 g/mol. The van der Waals surface area contributed by atoms with Crippen LogP contribution < -0.4 is 5.32 Å². The zero-order valence-corrected chi connectivity index (χ0v) is 11.4. The fraction of sp³-hybridized carbons (Fsp3) is 0.727. The molecule has 0 spiro atoms. The van der Waals surface area contributed by atoms with Crippen molar-refractivity contribution >= 4 is 10.0 Å². The molecular weight excluding hydrogens is 252 g/mol. The van der Waals surface area contributed by atoms with Crippen LogP contribution in [0.1, 0.15) is 25.7 Å². The molecular formula is C11H20N4O2S. The Kier molecular flexibility index (Phi) is 4.36. The van der Waals surface area contributed by atoms with Gasteiger partial charge < -0.3 is 5.32 Å². The third-order valence-corrected chi connectivity index (χ3v) is 5.21. The summed E-state index contributed by atoms with van der Waals surface area (Å²) in [4.78, 5) is 0.224. The van der Waals surface area contributed by atoms with Crippen molar-refractivity contribution in [1.29, 1.82) is 0 Å². The van der Waals surface area contributed by atoms with Crippen LogP contribution in [0.4, 0.5) is 0 Å². The van der Waals surface area contributed by atoms with E-state index in [1.807, 2.05) is 0 Å². The van der Waals surface area contributed by atoms with Gasteiger partial charge in [0.15, 0.2) is 0 Å². The quantitative estimate of drug-likeness (QED) is 0.821. The van der Waals surface area contributed by atoms with Crippen LogP contribution in [0.25, 0.3) is 0 Å². The number of aromatic nitrogens is 2. The van der Waals surface area contributed by atoms with Crippen LogP contribution in [0, 0.1) is 0 Å². The molecule has 1 aliphatic heterocycles. The summed E-state index contributed by atoms with van der Waals surface area (Å²) in [5.41, 5.74) is 0. The van der Waals surface area contributed by atoms with E-state index >= 15 is 0 Å². The van der Waals surface area contributed by atoms with Gasteiger partial charge in [-0.3, -0.25) is 5.10 Å². The fourth-order valence-corrected chi connectivity index (χ4v) is 3.28. The maximum Gasteiger partial charge on any atom is 0.245 e. The van der Waals surface area contributed by atoms with Gasteiger partial charge in [-0.05, 0) is 25.8 Å². The van der Waals surface area contributed by atoms with Gasteiger partial charge in [0.05, 0.1) is 6.20 Å². The molecule has 6 nitrogen and oxygen atoms in total. The number of H-pyrrole nitrogens is 1. The van der Waals surface area contributed by atoms with Crippen LogP contribution in [0.5, 0.6) is 0 Å². The number of sulfonamides is 1. The summed E-state index contributed by atoms with van der Waals surface area (Å²) >= 11 is 0. The van der Waals surface area contributed by atoms with E-state index in [2.05, 4.69) is 15.5 Å². The number of aromatic amines is 1. The summed E-state index contributed by atoms with van der Waals surface area (Å²) < 4.78 is 25.6. The lowest BCUT2D eigenvalue weighted by Crippen LogP contribution is -2.38. The van der Waals surface area contributed by atoms with Crippen LogP contribution in [-0.2, 0) is 10.0 Å². The molecule has 7 heteroatoms. The Balaban J connectivity index is 1.89. The number of piperidine rings is 1. The lowest BCUT2D eigenvalue weighted by atomic mass is 10.0. The van der Waals surface area contributed by atoms with Gasteiger partial charge in [-0.25, -0.2) is 12.7 Å². The first kappa shape index (κ1) is 13.5. The van der Waals surface area contributed by atoms with Crippen LogP contribution >= 0.6 is 0 Å². The lowest BCUT2D eigenvalue weighted by molar-refractivity contribution is 0.351. The average Bonchev–Trinajstić information content (AvgIpc) is 2.91. The van der Waals surface area contributed by atoms with Crippen LogP contribution in [0.2, 0.25) is 0 Å². The Morgan fingerprint density at radius 2 is 2.33 bits per heavy atom. The average molecular weight is 272 g/mol. The summed E-state index contributed by atoms with van der Waals surface area (Å²) in [6, 6.07) is 0.445. The molecule has 0 bridgehead atoms. The second-order valence-corrected chi connectivity index (χ2v) is 6.74. The van der Waals surface area contributed by atoms with E-state index in [1.54, 1.807) is 7.05 Å². The molecule has 1 saturated heterocycles. The number of nitrogens with zero attached hydrogens (tertiary/aromatic N) is 2. The first-order valence-electron chi connectivity index (χ1n) is 6.29. The molecule has 102 valence electrons. The van der Waals surface area contributed by atoms with Crippen LogP contribution in [0.3, 0.4) is 0 Å². The molecule has 2 heterocycles. The third kappa shape index (κ3) is 3.09. The molecule has 1 aliphatic rings. The maximum absolute atomic E-state index is 12.1. The second-order valence-electron chi connectivity index (χ2n) is 4.70. The molecule has 1 unspecified atom stereocenters. The molecule has 0 aromatic carbocycles. The number of nitrogens with one attached hydrogen (secondary N) is 2. The van der Waals surface area contributed by atoms with Gasteiger partial charge >= 0.3 is 0 Å². The number of hydrogen-bond acceptors (Lipinski definition) is 4. The normalized spacial score (nSPS) is 21.3. The van der Waals surface area contributed by atoms with Crippen molar-refractivity contribution in [1.82, 2.24) is 19.8 Å². The van der Waals surface area contributed by atoms with Gasteiger partial charge in [0, 0.05) is 25.8 Å².